The quantitative estimate of drug-likeness (QED) is 0.754. The summed E-state index contributed by atoms with van der Waals surface area (Å²) in [7, 11) is 3.78. The summed E-state index contributed by atoms with van der Waals surface area (Å²) in [5, 5.41) is 21.4. The molecule has 0 radical (unpaired) electrons. The smallest absolute Gasteiger partial charge is 0.0991 e. The normalized spacial score (nSPS) is 12.4. The van der Waals surface area contributed by atoms with Crippen LogP contribution in [0.5, 0.6) is 0 Å². The summed E-state index contributed by atoms with van der Waals surface area (Å²) in [4.78, 5) is 2.04. The summed E-state index contributed by atoms with van der Waals surface area (Å²) < 4.78 is 0. The Labute approximate surface area is 102 Å². The highest BCUT2D eigenvalue weighted by Crippen LogP contribution is 2.07. The van der Waals surface area contributed by atoms with Crippen molar-refractivity contribution in [2.45, 2.75) is 12.6 Å². The van der Waals surface area contributed by atoms with Crippen LogP contribution < -0.4 is 5.32 Å². The predicted molar refractivity (Wildman–Crippen MR) is 67.4 cm³/mol. The Hall–Kier alpha value is -1.41. The fourth-order valence-electron chi connectivity index (χ4n) is 1.78. The minimum Gasteiger partial charge on any atom is -0.390 e. The topological polar surface area (TPSA) is 59.3 Å². The second-order valence-corrected chi connectivity index (χ2v) is 4.22. The lowest BCUT2D eigenvalue weighted by Gasteiger charge is -2.20. The zero-order valence-corrected chi connectivity index (χ0v) is 10.3. The van der Waals surface area contributed by atoms with Gasteiger partial charge in [0.2, 0.25) is 0 Å². The average Bonchev–Trinajstić information content (AvgIpc) is 2.29. The van der Waals surface area contributed by atoms with Gasteiger partial charge in [-0.1, -0.05) is 12.1 Å². The second kappa shape index (κ2) is 7.02. The minimum absolute atomic E-state index is 0.371. The predicted octanol–water partition coefficient (Wildman–Crippen LogP) is 0.570. The third kappa shape index (κ3) is 4.96. The lowest BCUT2D eigenvalue weighted by molar-refractivity contribution is 0.123. The van der Waals surface area contributed by atoms with Gasteiger partial charge in [0.05, 0.1) is 17.7 Å². The van der Waals surface area contributed by atoms with E-state index in [2.05, 4.69) is 11.4 Å². The number of hydrogen-bond acceptors (Lipinski definition) is 4. The Bertz CT molecular complexity index is 386. The molecule has 0 amide bonds. The van der Waals surface area contributed by atoms with E-state index in [1.54, 1.807) is 6.07 Å². The zero-order chi connectivity index (χ0) is 12.7. The molecule has 2 N–H and O–H groups in total. The number of hydrogen-bond donors (Lipinski definition) is 2. The summed E-state index contributed by atoms with van der Waals surface area (Å²) in [6.45, 7) is 1.93. The standard InChI is InChI=1S/C13H19N3O/c1-15-8-13(17)10-16(2)9-12-5-3-4-11(6-12)7-14/h3-6,13,15,17H,8-10H2,1-2H3. The molecule has 0 bridgehead atoms. The molecule has 1 aromatic carbocycles. The first kappa shape index (κ1) is 13.7. The second-order valence-electron chi connectivity index (χ2n) is 4.22. The van der Waals surface area contributed by atoms with Gasteiger partial charge in [-0.05, 0) is 31.8 Å². The van der Waals surface area contributed by atoms with E-state index in [1.165, 1.54) is 0 Å². The molecule has 0 saturated heterocycles. The van der Waals surface area contributed by atoms with Gasteiger partial charge >= 0.3 is 0 Å². The third-order valence-electron chi connectivity index (χ3n) is 2.47. The number of nitriles is 1. The Morgan fingerprint density at radius 2 is 2.29 bits per heavy atom. The van der Waals surface area contributed by atoms with Gasteiger partial charge < -0.3 is 10.4 Å². The molecular formula is C13H19N3O. The molecule has 0 aliphatic rings. The summed E-state index contributed by atoms with van der Waals surface area (Å²) in [6, 6.07) is 9.66. The first-order valence-corrected chi connectivity index (χ1v) is 5.66. The van der Waals surface area contributed by atoms with Crippen molar-refractivity contribution in [3.63, 3.8) is 0 Å². The van der Waals surface area contributed by atoms with Gasteiger partial charge in [-0.15, -0.1) is 0 Å². The molecule has 0 heterocycles. The summed E-state index contributed by atoms with van der Waals surface area (Å²) in [5.74, 6) is 0. The highest BCUT2D eigenvalue weighted by Gasteiger charge is 2.07. The van der Waals surface area contributed by atoms with E-state index in [0.29, 0.717) is 18.7 Å². The van der Waals surface area contributed by atoms with Crippen molar-refractivity contribution >= 4 is 0 Å². The van der Waals surface area contributed by atoms with Gasteiger partial charge in [0, 0.05) is 19.6 Å². The molecule has 1 aromatic rings. The molecule has 4 nitrogen and oxygen atoms in total. The van der Waals surface area contributed by atoms with Gasteiger partial charge in [-0.2, -0.15) is 5.26 Å². The lowest BCUT2D eigenvalue weighted by Crippen LogP contribution is -2.35. The Kier molecular flexibility index (Phi) is 5.64. The summed E-state index contributed by atoms with van der Waals surface area (Å²) >= 11 is 0. The van der Waals surface area contributed by atoms with E-state index >= 15 is 0 Å². The summed E-state index contributed by atoms with van der Waals surface area (Å²) in [5.41, 5.74) is 1.76. The van der Waals surface area contributed by atoms with Crippen molar-refractivity contribution in [1.29, 1.82) is 5.26 Å². The van der Waals surface area contributed by atoms with Crippen LogP contribution in [0.3, 0.4) is 0 Å². The summed E-state index contributed by atoms with van der Waals surface area (Å²) in [6.07, 6.45) is -0.371. The fourth-order valence-corrected chi connectivity index (χ4v) is 1.78. The number of nitrogens with one attached hydrogen (secondary N) is 1. The third-order valence-corrected chi connectivity index (χ3v) is 2.47. The highest BCUT2D eigenvalue weighted by molar-refractivity contribution is 5.32. The van der Waals surface area contributed by atoms with Crippen LogP contribution in [-0.2, 0) is 6.54 Å². The van der Waals surface area contributed by atoms with Crippen LogP contribution in [-0.4, -0.2) is 43.3 Å². The van der Waals surface area contributed by atoms with Gasteiger partial charge in [0.15, 0.2) is 0 Å². The first-order chi connectivity index (χ1) is 8.15. The molecule has 1 unspecified atom stereocenters. The average molecular weight is 233 g/mol. The van der Waals surface area contributed by atoms with Crippen molar-refractivity contribution in [1.82, 2.24) is 10.2 Å². The lowest BCUT2D eigenvalue weighted by atomic mass is 10.1. The molecular weight excluding hydrogens is 214 g/mol. The maximum absolute atomic E-state index is 9.64. The van der Waals surface area contributed by atoms with Crippen molar-refractivity contribution in [2.24, 2.45) is 0 Å². The van der Waals surface area contributed by atoms with Crippen LogP contribution >= 0.6 is 0 Å². The van der Waals surface area contributed by atoms with Crippen LogP contribution in [0.2, 0.25) is 0 Å². The molecule has 0 aliphatic heterocycles. The zero-order valence-electron chi connectivity index (χ0n) is 10.3. The number of aliphatic hydroxyl groups excluding tert-OH is 1. The number of nitrogens with zero attached hydrogens (tertiary/aromatic N) is 2. The molecule has 0 saturated carbocycles. The molecule has 0 aromatic heterocycles. The number of benzene rings is 1. The van der Waals surface area contributed by atoms with Crippen molar-refractivity contribution < 1.29 is 5.11 Å². The van der Waals surface area contributed by atoms with E-state index in [0.717, 1.165) is 12.1 Å². The SMILES string of the molecule is CNCC(O)CN(C)Cc1cccc(C#N)c1. The number of rotatable bonds is 6. The van der Waals surface area contributed by atoms with E-state index in [-0.39, 0.29) is 6.10 Å². The van der Waals surface area contributed by atoms with Crippen molar-refractivity contribution in [2.75, 3.05) is 27.2 Å². The maximum Gasteiger partial charge on any atom is 0.0991 e. The molecule has 0 fully saturated rings. The van der Waals surface area contributed by atoms with E-state index in [1.807, 2.05) is 37.2 Å². The molecule has 0 aliphatic carbocycles. The van der Waals surface area contributed by atoms with E-state index < -0.39 is 0 Å². The molecule has 0 spiro atoms. The van der Waals surface area contributed by atoms with Crippen molar-refractivity contribution in [3.8, 4) is 6.07 Å². The highest BCUT2D eigenvalue weighted by atomic mass is 16.3. The Balaban J connectivity index is 2.50. The first-order valence-electron chi connectivity index (χ1n) is 5.66. The Morgan fingerprint density at radius 1 is 1.53 bits per heavy atom. The number of likely N-dealkylation sites (N-methyl/N-ethyl adjacent to an activating group) is 2. The van der Waals surface area contributed by atoms with Gasteiger partial charge in [0.1, 0.15) is 0 Å². The van der Waals surface area contributed by atoms with E-state index in [9.17, 15) is 5.11 Å². The molecule has 4 heteroatoms. The van der Waals surface area contributed by atoms with Crippen molar-refractivity contribution in [3.05, 3.63) is 35.4 Å². The van der Waals surface area contributed by atoms with E-state index in [4.69, 9.17) is 5.26 Å². The molecule has 1 rings (SSSR count). The van der Waals surface area contributed by atoms with Crippen LogP contribution in [0.25, 0.3) is 0 Å². The monoisotopic (exact) mass is 233 g/mol. The Morgan fingerprint density at radius 3 is 2.94 bits per heavy atom. The van der Waals surface area contributed by atoms with Gasteiger partial charge in [0.25, 0.3) is 0 Å². The molecule has 1 atom stereocenters. The van der Waals surface area contributed by atoms with Crippen LogP contribution in [0, 0.1) is 11.3 Å². The van der Waals surface area contributed by atoms with Gasteiger partial charge in [-0.3, -0.25) is 4.90 Å². The maximum atomic E-state index is 9.64. The number of aliphatic hydroxyl groups is 1. The van der Waals surface area contributed by atoms with Crippen LogP contribution in [0.4, 0.5) is 0 Å². The molecule has 92 valence electrons. The minimum atomic E-state index is -0.371. The molecule has 17 heavy (non-hydrogen) atoms. The fraction of sp³-hybridized carbons (Fsp3) is 0.462. The van der Waals surface area contributed by atoms with Gasteiger partial charge in [-0.25, -0.2) is 0 Å². The van der Waals surface area contributed by atoms with Crippen LogP contribution in [0.15, 0.2) is 24.3 Å². The largest absolute Gasteiger partial charge is 0.390 e. The van der Waals surface area contributed by atoms with Crippen LogP contribution in [0.1, 0.15) is 11.1 Å².